The largest absolute Gasteiger partial charge is 0.374 e. The van der Waals surface area contributed by atoms with Gasteiger partial charge >= 0.3 is 0 Å². The van der Waals surface area contributed by atoms with Crippen LogP contribution < -0.4 is 10.6 Å². The van der Waals surface area contributed by atoms with Crippen molar-refractivity contribution in [3.63, 3.8) is 0 Å². The van der Waals surface area contributed by atoms with E-state index in [-0.39, 0.29) is 5.54 Å². The SMILES string of the molecule is Cc1ccc(N(C)CCC(C)(C)N)c(Br)c1. The third-order valence-corrected chi connectivity index (χ3v) is 3.24. The van der Waals surface area contributed by atoms with E-state index < -0.39 is 0 Å². The first kappa shape index (κ1) is 13.5. The summed E-state index contributed by atoms with van der Waals surface area (Å²) in [7, 11) is 2.10. The van der Waals surface area contributed by atoms with E-state index in [1.54, 1.807) is 0 Å². The number of hydrogen-bond donors (Lipinski definition) is 1. The summed E-state index contributed by atoms with van der Waals surface area (Å²) in [5.41, 5.74) is 8.36. The molecule has 0 aromatic heterocycles. The first-order valence-corrected chi connectivity index (χ1v) is 6.35. The molecule has 0 unspecified atom stereocenters. The number of halogens is 1. The van der Waals surface area contributed by atoms with Crippen LogP contribution >= 0.6 is 15.9 Å². The Balaban J connectivity index is 2.70. The van der Waals surface area contributed by atoms with Gasteiger partial charge in [0.2, 0.25) is 0 Å². The van der Waals surface area contributed by atoms with E-state index >= 15 is 0 Å². The topological polar surface area (TPSA) is 29.3 Å². The fourth-order valence-corrected chi connectivity index (χ4v) is 2.29. The van der Waals surface area contributed by atoms with Crippen LogP contribution in [-0.2, 0) is 0 Å². The zero-order valence-electron chi connectivity index (χ0n) is 10.5. The molecule has 0 aliphatic rings. The monoisotopic (exact) mass is 284 g/mol. The molecular formula is C13H21BrN2. The zero-order chi connectivity index (χ0) is 12.3. The van der Waals surface area contributed by atoms with Crippen LogP contribution in [0.4, 0.5) is 5.69 Å². The summed E-state index contributed by atoms with van der Waals surface area (Å²) in [5.74, 6) is 0. The van der Waals surface area contributed by atoms with Gasteiger partial charge in [-0.1, -0.05) is 6.07 Å². The second-order valence-electron chi connectivity index (χ2n) is 5.12. The third-order valence-electron chi connectivity index (χ3n) is 2.61. The molecule has 0 heterocycles. The number of rotatable bonds is 4. The van der Waals surface area contributed by atoms with Crippen molar-refractivity contribution >= 4 is 21.6 Å². The van der Waals surface area contributed by atoms with Gasteiger partial charge in [0, 0.05) is 23.6 Å². The van der Waals surface area contributed by atoms with Crippen LogP contribution in [0.15, 0.2) is 22.7 Å². The van der Waals surface area contributed by atoms with E-state index in [1.807, 2.05) is 0 Å². The number of nitrogens with two attached hydrogens (primary N) is 1. The minimum atomic E-state index is -0.106. The van der Waals surface area contributed by atoms with Gasteiger partial charge in [-0.25, -0.2) is 0 Å². The summed E-state index contributed by atoms with van der Waals surface area (Å²) in [6, 6.07) is 6.41. The lowest BCUT2D eigenvalue weighted by molar-refractivity contribution is 0.479. The Kier molecular flexibility index (Phi) is 4.39. The molecule has 0 aliphatic carbocycles. The predicted molar refractivity (Wildman–Crippen MR) is 75.0 cm³/mol. The maximum Gasteiger partial charge on any atom is 0.0508 e. The summed E-state index contributed by atoms with van der Waals surface area (Å²) < 4.78 is 1.14. The van der Waals surface area contributed by atoms with Gasteiger partial charge in [0.1, 0.15) is 0 Å². The fraction of sp³-hybridized carbons (Fsp3) is 0.538. The van der Waals surface area contributed by atoms with E-state index in [9.17, 15) is 0 Å². The highest BCUT2D eigenvalue weighted by molar-refractivity contribution is 9.10. The van der Waals surface area contributed by atoms with Crippen molar-refractivity contribution in [2.75, 3.05) is 18.5 Å². The highest BCUT2D eigenvalue weighted by Crippen LogP contribution is 2.26. The van der Waals surface area contributed by atoms with E-state index in [0.717, 1.165) is 17.4 Å². The van der Waals surface area contributed by atoms with E-state index in [2.05, 4.69) is 66.8 Å². The standard InChI is InChI=1S/C13H21BrN2/c1-10-5-6-12(11(14)9-10)16(4)8-7-13(2,3)15/h5-6,9H,7-8,15H2,1-4H3. The van der Waals surface area contributed by atoms with Crippen LogP contribution in [-0.4, -0.2) is 19.1 Å². The average molecular weight is 285 g/mol. The van der Waals surface area contributed by atoms with E-state index in [4.69, 9.17) is 5.73 Å². The molecule has 0 fully saturated rings. The predicted octanol–water partition coefficient (Wildman–Crippen LogP) is 3.32. The zero-order valence-corrected chi connectivity index (χ0v) is 12.1. The molecule has 1 aromatic rings. The van der Waals surface area contributed by atoms with Crippen LogP contribution in [0.5, 0.6) is 0 Å². The molecule has 0 atom stereocenters. The van der Waals surface area contributed by atoms with Gasteiger partial charge < -0.3 is 10.6 Å². The minimum Gasteiger partial charge on any atom is -0.374 e. The van der Waals surface area contributed by atoms with Gasteiger partial charge in [-0.15, -0.1) is 0 Å². The van der Waals surface area contributed by atoms with Gasteiger partial charge in [-0.3, -0.25) is 0 Å². The number of aryl methyl sites for hydroxylation is 1. The average Bonchev–Trinajstić information content (AvgIpc) is 2.13. The van der Waals surface area contributed by atoms with Crippen LogP contribution in [0.25, 0.3) is 0 Å². The molecule has 16 heavy (non-hydrogen) atoms. The van der Waals surface area contributed by atoms with Crippen LogP contribution in [0.1, 0.15) is 25.8 Å². The van der Waals surface area contributed by atoms with Crippen molar-refractivity contribution in [2.45, 2.75) is 32.7 Å². The summed E-state index contributed by atoms with van der Waals surface area (Å²) in [6.45, 7) is 7.18. The Labute approximate surface area is 107 Å². The first-order chi connectivity index (χ1) is 7.29. The van der Waals surface area contributed by atoms with Crippen molar-refractivity contribution in [3.05, 3.63) is 28.2 Å². The van der Waals surface area contributed by atoms with Crippen molar-refractivity contribution in [1.29, 1.82) is 0 Å². The van der Waals surface area contributed by atoms with Crippen molar-refractivity contribution in [3.8, 4) is 0 Å². The highest BCUT2D eigenvalue weighted by atomic mass is 79.9. The molecule has 0 bridgehead atoms. The minimum absolute atomic E-state index is 0.106. The van der Waals surface area contributed by atoms with E-state index in [1.165, 1.54) is 11.3 Å². The summed E-state index contributed by atoms with van der Waals surface area (Å²) in [5, 5.41) is 0. The van der Waals surface area contributed by atoms with Gasteiger partial charge in [0.05, 0.1) is 5.69 Å². The Hall–Kier alpha value is -0.540. The fourth-order valence-electron chi connectivity index (χ4n) is 1.50. The van der Waals surface area contributed by atoms with Gasteiger partial charge in [-0.05, 0) is 60.8 Å². The highest BCUT2D eigenvalue weighted by Gasteiger charge is 2.13. The second kappa shape index (κ2) is 5.19. The molecule has 0 aliphatic heterocycles. The summed E-state index contributed by atoms with van der Waals surface area (Å²) in [6.07, 6.45) is 0.976. The summed E-state index contributed by atoms with van der Waals surface area (Å²) in [4.78, 5) is 2.23. The molecule has 0 radical (unpaired) electrons. The van der Waals surface area contributed by atoms with Crippen molar-refractivity contribution in [1.82, 2.24) is 0 Å². The Morgan fingerprint density at radius 3 is 2.50 bits per heavy atom. The van der Waals surface area contributed by atoms with Crippen LogP contribution in [0.2, 0.25) is 0 Å². The lowest BCUT2D eigenvalue weighted by atomic mass is 10.0. The molecule has 0 saturated heterocycles. The molecule has 0 spiro atoms. The Morgan fingerprint density at radius 1 is 1.38 bits per heavy atom. The molecular weight excluding hydrogens is 264 g/mol. The molecule has 3 heteroatoms. The number of nitrogens with zero attached hydrogens (tertiary/aromatic N) is 1. The normalized spacial score (nSPS) is 11.6. The third kappa shape index (κ3) is 4.14. The van der Waals surface area contributed by atoms with Crippen LogP contribution in [0, 0.1) is 6.92 Å². The van der Waals surface area contributed by atoms with Gasteiger partial charge in [0.25, 0.3) is 0 Å². The van der Waals surface area contributed by atoms with Gasteiger partial charge in [-0.2, -0.15) is 0 Å². The lowest BCUT2D eigenvalue weighted by Gasteiger charge is -2.26. The molecule has 2 nitrogen and oxygen atoms in total. The lowest BCUT2D eigenvalue weighted by Crippen LogP contribution is -2.36. The molecule has 0 saturated carbocycles. The van der Waals surface area contributed by atoms with Crippen LogP contribution in [0.3, 0.4) is 0 Å². The second-order valence-corrected chi connectivity index (χ2v) is 5.97. The number of benzene rings is 1. The molecule has 0 amide bonds. The Bertz CT molecular complexity index is 355. The van der Waals surface area contributed by atoms with Crippen molar-refractivity contribution in [2.24, 2.45) is 5.73 Å². The molecule has 90 valence electrons. The smallest absolute Gasteiger partial charge is 0.0508 e. The van der Waals surface area contributed by atoms with Gasteiger partial charge in [0.15, 0.2) is 0 Å². The van der Waals surface area contributed by atoms with E-state index in [0.29, 0.717) is 0 Å². The number of hydrogen-bond acceptors (Lipinski definition) is 2. The summed E-state index contributed by atoms with van der Waals surface area (Å²) >= 11 is 3.60. The molecule has 1 aromatic carbocycles. The molecule has 1 rings (SSSR count). The maximum absolute atomic E-state index is 5.99. The quantitative estimate of drug-likeness (QED) is 0.919. The molecule has 2 N–H and O–H groups in total. The number of anilines is 1. The maximum atomic E-state index is 5.99. The van der Waals surface area contributed by atoms with Crippen molar-refractivity contribution < 1.29 is 0 Å². The Morgan fingerprint density at radius 2 is 2.00 bits per heavy atom. The first-order valence-electron chi connectivity index (χ1n) is 5.56.